The number of benzene rings is 2. The molecule has 0 bridgehead atoms. The van der Waals surface area contributed by atoms with Crippen LogP contribution in [0.4, 0.5) is 5.13 Å². The van der Waals surface area contributed by atoms with E-state index in [9.17, 15) is 0 Å². The Morgan fingerprint density at radius 1 is 1.03 bits per heavy atom. The van der Waals surface area contributed by atoms with E-state index in [2.05, 4.69) is 15.2 Å². The molecule has 4 aromatic rings. The quantitative estimate of drug-likeness (QED) is 0.439. The van der Waals surface area contributed by atoms with Gasteiger partial charge in [-0.05, 0) is 30.7 Å². The summed E-state index contributed by atoms with van der Waals surface area (Å²) < 4.78 is 0. The van der Waals surface area contributed by atoms with Crippen molar-refractivity contribution in [1.29, 1.82) is 0 Å². The molecule has 1 saturated heterocycles. The van der Waals surface area contributed by atoms with Gasteiger partial charge in [-0.3, -0.25) is 0 Å². The highest BCUT2D eigenvalue weighted by Gasteiger charge is 2.28. The molecule has 168 valence electrons. The van der Waals surface area contributed by atoms with Crippen molar-refractivity contribution in [3.8, 4) is 21.8 Å². The molecule has 1 fully saturated rings. The van der Waals surface area contributed by atoms with Gasteiger partial charge in [0.2, 0.25) is 0 Å². The van der Waals surface area contributed by atoms with Crippen LogP contribution in [0.25, 0.3) is 21.8 Å². The Balaban J connectivity index is 1.61. The SMILES string of the molecule is C[C@](N)(c1ccccc1)c1nccc(-c2sc(N3CCNCC3)nc2-c2cccc(Cl)c2)n1. The number of thiazole rings is 1. The molecule has 1 aliphatic heterocycles. The van der Waals surface area contributed by atoms with Gasteiger partial charge in [0.05, 0.1) is 21.8 Å². The van der Waals surface area contributed by atoms with Crippen LogP contribution in [0, 0.1) is 0 Å². The Kier molecular flexibility index (Phi) is 6.12. The standard InChI is InChI=1S/C25H25ClN6S/c1-25(27,18-7-3-2-4-8-18)23-29-11-10-20(30-23)22-21(17-6-5-9-19(26)16-17)31-24(33-22)32-14-12-28-13-15-32/h2-11,16,28H,12-15,27H2,1H3/t25-/m0/s1. The minimum absolute atomic E-state index is 0.570. The fraction of sp³-hybridized carbons (Fsp3) is 0.240. The number of piperazine rings is 1. The molecule has 8 heteroatoms. The largest absolute Gasteiger partial charge is 0.346 e. The normalized spacial score (nSPS) is 15.9. The predicted molar refractivity (Wildman–Crippen MR) is 136 cm³/mol. The number of rotatable bonds is 5. The van der Waals surface area contributed by atoms with Crippen molar-refractivity contribution in [1.82, 2.24) is 20.3 Å². The summed E-state index contributed by atoms with van der Waals surface area (Å²) in [5.41, 5.74) is 9.52. The number of anilines is 1. The molecule has 33 heavy (non-hydrogen) atoms. The van der Waals surface area contributed by atoms with Crippen molar-refractivity contribution in [3.63, 3.8) is 0 Å². The lowest BCUT2D eigenvalue weighted by molar-refractivity contribution is 0.558. The number of nitrogens with zero attached hydrogens (tertiary/aromatic N) is 4. The minimum Gasteiger partial charge on any atom is -0.346 e. The lowest BCUT2D eigenvalue weighted by Gasteiger charge is -2.26. The topological polar surface area (TPSA) is 80.0 Å². The highest BCUT2D eigenvalue weighted by Crippen LogP contribution is 2.40. The van der Waals surface area contributed by atoms with Gasteiger partial charge >= 0.3 is 0 Å². The Hall–Kier alpha value is -2.84. The molecule has 0 amide bonds. The molecule has 3 N–H and O–H groups in total. The highest BCUT2D eigenvalue weighted by molar-refractivity contribution is 7.19. The Bertz CT molecular complexity index is 1250. The highest BCUT2D eigenvalue weighted by atomic mass is 35.5. The van der Waals surface area contributed by atoms with E-state index in [1.807, 2.05) is 67.6 Å². The van der Waals surface area contributed by atoms with Gasteiger partial charge in [0, 0.05) is 43.0 Å². The summed E-state index contributed by atoms with van der Waals surface area (Å²) in [6.07, 6.45) is 1.78. The Morgan fingerprint density at radius 3 is 2.58 bits per heavy atom. The average molecular weight is 477 g/mol. The van der Waals surface area contributed by atoms with Crippen LogP contribution >= 0.6 is 22.9 Å². The molecule has 0 unspecified atom stereocenters. The van der Waals surface area contributed by atoms with E-state index >= 15 is 0 Å². The summed E-state index contributed by atoms with van der Waals surface area (Å²) >= 11 is 7.96. The van der Waals surface area contributed by atoms with Crippen LogP contribution in [0.5, 0.6) is 0 Å². The first-order chi connectivity index (χ1) is 16.0. The lowest BCUT2D eigenvalue weighted by Crippen LogP contribution is -2.43. The third-order valence-corrected chi connectivity index (χ3v) is 7.20. The van der Waals surface area contributed by atoms with Crippen molar-refractivity contribution in [2.45, 2.75) is 12.5 Å². The molecular formula is C25H25ClN6S. The van der Waals surface area contributed by atoms with Crippen molar-refractivity contribution in [2.24, 2.45) is 5.73 Å². The zero-order valence-electron chi connectivity index (χ0n) is 18.3. The maximum Gasteiger partial charge on any atom is 0.186 e. The summed E-state index contributed by atoms with van der Waals surface area (Å²) in [5.74, 6) is 0.570. The average Bonchev–Trinajstić information content (AvgIpc) is 3.31. The fourth-order valence-electron chi connectivity index (χ4n) is 3.95. The molecule has 1 aliphatic rings. The first-order valence-corrected chi connectivity index (χ1v) is 12.1. The number of nitrogens with two attached hydrogens (primary N) is 1. The second-order valence-corrected chi connectivity index (χ2v) is 9.67. The van der Waals surface area contributed by atoms with Gasteiger partial charge < -0.3 is 16.0 Å². The van der Waals surface area contributed by atoms with E-state index in [0.717, 1.165) is 58.7 Å². The maximum atomic E-state index is 6.73. The molecule has 2 aromatic carbocycles. The van der Waals surface area contributed by atoms with Crippen LogP contribution in [-0.4, -0.2) is 41.1 Å². The predicted octanol–water partition coefficient (Wildman–Crippen LogP) is 4.55. The molecule has 0 saturated carbocycles. The summed E-state index contributed by atoms with van der Waals surface area (Å²) in [7, 11) is 0. The van der Waals surface area contributed by atoms with Crippen LogP contribution in [0.1, 0.15) is 18.3 Å². The van der Waals surface area contributed by atoms with Crippen LogP contribution < -0.4 is 16.0 Å². The molecule has 0 aliphatic carbocycles. The van der Waals surface area contributed by atoms with E-state index in [-0.39, 0.29) is 0 Å². The lowest BCUT2D eigenvalue weighted by atomic mass is 9.92. The maximum absolute atomic E-state index is 6.73. The Labute approximate surface area is 202 Å². The van der Waals surface area contributed by atoms with Gasteiger partial charge in [-0.25, -0.2) is 15.0 Å². The smallest absolute Gasteiger partial charge is 0.186 e. The molecular weight excluding hydrogens is 452 g/mol. The summed E-state index contributed by atoms with van der Waals surface area (Å²) in [6.45, 7) is 5.68. The van der Waals surface area contributed by atoms with E-state index in [1.54, 1.807) is 17.5 Å². The third-order valence-electron chi connectivity index (χ3n) is 5.83. The van der Waals surface area contributed by atoms with E-state index in [1.165, 1.54) is 0 Å². The van der Waals surface area contributed by atoms with Gasteiger partial charge in [0.25, 0.3) is 0 Å². The third kappa shape index (κ3) is 4.50. The summed E-state index contributed by atoms with van der Waals surface area (Å²) in [4.78, 5) is 17.8. The van der Waals surface area contributed by atoms with Crippen LogP contribution in [0.15, 0.2) is 66.9 Å². The van der Waals surface area contributed by atoms with Gasteiger partial charge in [-0.1, -0.05) is 65.4 Å². The van der Waals surface area contributed by atoms with Gasteiger partial charge in [0.1, 0.15) is 0 Å². The molecule has 3 heterocycles. The second kappa shape index (κ2) is 9.19. The van der Waals surface area contributed by atoms with E-state index in [0.29, 0.717) is 10.8 Å². The van der Waals surface area contributed by atoms with Crippen LogP contribution in [-0.2, 0) is 5.54 Å². The minimum atomic E-state index is -0.820. The van der Waals surface area contributed by atoms with E-state index in [4.69, 9.17) is 27.3 Å². The Morgan fingerprint density at radius 2 is 1.82 bits per heavy atom. The van der Waals surface area contributed by atoms with Crippen LogP contribution in [0.2, 0.25) is 5.02 Å². The van der Waals surface area contributed by atoms with Gasteiger partial charge in [-0.2, -0.15) is 0 Å². The molecule has 2 aromatic heterocycles. The number of hydrogen-bond acceptors (Lipinski definition) is 7. The van der Waals surface area contributed by atoms with Crippen LogP contribution in [0.3, 0.4) is 0 Å². The van der Waals surface area contributed by atoms with Crippen molar-refractivity contribution in [2.75, 3.05) is 31.1 Å². The van der Waals surface area contributed by atoms with Gasteiger partial charge in [-0.15, -0.1) is 0 Å². The number of halogens is 1. The zero-order chi connectivity index (χ0) is 22.8. The fourth-order valence-corrected chi connectivity index (χ4v) is 5.25. The van der Waals surface area contributed by atoms with Crippen molar-refractivity contribution < 1.29 is 0 Å². The number of hydrogen-bond donors (Lipinski definition) is 2. The number of aromatic nitrogens is 3. The summed E-state index contributed by atoms with van der Waals surface area (Å²) in [5, 5.41) is 5.06. The van der Waals surface area contributed by atoms with Crippen molar-refractivity contribution >= 4 is 28.1 Å². The molecule has 0 radical (unpaired) electrons. The van der Waals surface area contributed by atoms with Crippen molar-refractivity contribution in [3.05, 3.63) is 83.3 Å². The van der Waals surface area contributed by atoms with Gasteiger partial charge in [0.15, 0.2) is 11.0 Å². The molecule has 0 spiro atoms. The first-order valence-electron chi connectivity index (χ1n) is 10.9. The molecule has 5 rings (SSSR count). The summed E-state index contributed by atoms with van der Waals surface area (Å²) in [6, 6.07) is 19.7. The van der Waals surface area contributed by atoms with E-state index < -0.39 is 5.54 Å². The second-order valence-electron chi connectivity index (χ2n) is 8.26. The molecule has 1 atom stereocenters. The molecule has 6 nitrogen and oxygen atoms in total. The monoisotopic (exact) mass is 476 g/mol. The first kappa shape index (κ1) is 22.0. The number of nitrogens with one attached hydrogen (secondary N) is 1. The zero-order valence-corrected chi connectivity index (χ0v) is 19.9.